The highest BCUT2D eigenvalue weighted by Gasteiger charge is 2.36. The van der Waals surface area contributed by atoms with E-state index in [2.05, 4.69) is 9.71 Å². The standard InChI is InChI=1S/C27H27N3O7S/c1-27(2,25(32)37-4)22-15-20(30-11-10-23(31)28-26(30)33)14-21(24(22)36-3)18-7-6-17-13-19(29-38(5,34)35)9-8-16(17)12-18/h6-15,29H,1-5H3,(H,28,31,33)/p+1. The number of esters is 1. The summed E-state index contributed by atoms with van der Waals surface area (Å²) in [5.41, 5.74) is 1.18. The van der Waals surface area contributed by atoms with Crippen molar-refractivity contribution in [3.05, 3.63) is 76.7 Å². The third-order valence-electron chi connectivity index (χ3n) is 6.22. The number of carbonyl (C=O) groups excluding carboxylic acids is 1. The van der Waals surface area contributed by atoms with Gasteiger partial charge in [-0.1, -0.05) is 18.2 Å². The second kappa shape index (κ2) is 9.82. The highest BCUT2D eigenvalue weighted by molar-refractivity contribution is 7.92. The quantitative estimate of drug-likeness (QED) is 0.243. The molecule has 198 valence electrons. The van der Waals surface area contributed by atoms with E-state index in [4.69, 9.17) is 9.47 Å². The van der Waals surface area contributed by atoms with Gasteiger partial charge in [-0.25, -0.2) is 13.2 Å². The molecule has 3 aromatic carbocycles. The summed E-state index contributed by atoms with van der Waals surface area (Å²) in [6, 6.07) is 15.1. The Morgan fingerprint density at radius 2 is 1.71 bits per heavy atom. The van der Waals surface area contributed by atoms with Gasteiger partial charge in [0, 0.05) is 16.8 Å². The number of fused-ring (bicyclic) bond motifs is 1. The van der Waals surface area contributed by atoms with Crippen LogP contribution in [-0.4, -0.2) is 45.0 Å². The van der Waals surface area contributed by atoms with Gasteiger partial charge in [-0.05, 0) is 60.5 Å². The molecule has 4 rings (SSSR count). The van der Waals surface area contributed by atoms with Crippen LogP contribution in [0.25, 0.3) is 27.6 Å². The van der Waals surface area contributed by atoms with Crippen molar-refractivity contribution in [1.82, 2.24) is 4.98 Å². The van der Waals surface area contributed by atoms with Crippen LogP contribution < -0.4 is 19.6 Å². The lowest BCUT2D eigenvalue weighted by Gasteiger charge is -2.26. The van der Waals surface area contributed by atoms with E-state index in [0.717, 1.165) is 22.6 Å². The number of aromatic amines is 1. The summed E-state index contributed by atoms with van der Waals surface area (Å²) >= 11 is 0. The number of ether oxygens (including phenoxy) is 2. The molecule has 1 aromatic heterocycles. The Balaban J connectivity index is 1.98. The molecule has 0 radical (unpaired) electrons. The fourth-order valence-electron chi connectivity index (χ4n) is 4.34. The van der Waals surface area contributed by atoms with Crippen molar-refractivity contribution in [3.63, 3.8) is 0 Å². The molecule has 0 aliphatic carbocycles. The number of methoxy groups -OCH3 is 2. The van der Waals surface area contributed by atoms with Crippen molar-refractivity contribution in [3.8, 4) is 28.6 Å². The average molecular weight is 539 g/mol. The Morgan fingerprint density at radius 1 is 1.03 bits per heavy atom. The van der Waals surface area contributed by atoms with Crippen molar-refractivity contribution >= 4 is 32.5 Å². The van der Waals surface area contributed by atoms with E-state index in [1.165, 1.54) is 31.0 Å². The second-order valence-corrected chi connectivity index (χ2v) is 11.1. The first-order valence-electron chi connectivity index (χ1n) is 11.5. The fraction of sp³-hybridized carbons (Fsp3) is 0.222. The highest BCUT2D eigenvalue weighted by Crippen LogP contribution is 2.42. The molecule has 38 heavy (non-hydrogen) atoms. The van der Waals surface area contributed by atoms with Crippen molar-refractivity contribution in [2.45, 2.75) is 19.3 Å². The number of hydrogen-bond acceptors (Lipinski definition) is 7. The molecule has 0 saturated carbocycles. The van der Waals surface area contributed by atoms with Gasteiger partial charge in [0.2, 0.25) is 10.0 Å². The summed E-state index contributed by atoms with van der Waals surface area (Å²) in [5.74, 6) is -0.0533. The van der Waals surface area contributed by atoms with E-state index in [1.54, 1.807) is 44.2 Å². The summed E-state index contributed by atoms with van der Waals surface area (Å²) in [6.07, 6.45) is 2.51. The molecule has 0 aliphatic heterocycles. The maximum atomic E-state index is 12.8. The molecule has 0 bridgehead atoms. The number of nitrogens with zero attached hydrogens (tertiary/aromatic N) is 1. The van der Waals surface area contributed by atoms with E-state index < -0.39 is 27.0 Å². The van der Waals surface area contributed by atoms with E-state index in [0.29, 0.717) is 28.3 Å². The van der Waals surface area contributed by atoms with E-state index in [1.807, 2.05) is 18.2 Å². The monoisotopic (exact) mass is 538 g/mol. The maximum Gasteiger partial charge on any atom is 0.459 e. The number of hydrogen-bond donors (Lipinski definition) is 3. The topological polar surface area (TPSA) is 139 Å². The zero-order chi connectivity index (χ0) is 27.8. The van der Waals surface area contributed by atoms with Gasteiger partial charge in [-0.2, -0.15) is 9.55 Å². The molecule has 0 amide bonds. The fourth-order valence-corrected chi connectivity index (χ4v) is 4.90. The van der Waals surface area contributed by atoms with Gasteiger partial charge in [-0.3, -0.25) is 9.52 Å². The predicted molar refractivity (Wildman–Crippen MR) is 143 cm³/mol. The van der Waals surface area contributed by atoms with Gasteiger partial charge in [0.1, 0.15) is 17.6 Å². The van der Waals surface area contributed by atoms with Crippen LogP contribution in [0.3, 0.4) is 0 Å². The largest absolute Gasteiger partial charge is 0.496 e. The van der Waals surface area contributed by atoms with Crippen LogP contribution in [0.1, 0.15) is 19.4 Å². The molecule has 0 aliphatic rings. The summed E-state index contributed by atoms with van der Waals surface area (Å²) in [6.45, 7) is 3.41. The number of aromatic nitrogens is 2. The first-order valence-corrected chi connectivity index (χ1v) is 13.4. The number of benzene rings is 3. The van der Waals surface area contributed by atoms with Crippen LogP contribution in [0.5, 0.6) is 11.8 Å². The molecule has 1 heterocycles. The second-order valence-electron chi connectivity index (χ2n) is 9.34. The minimum Gasteiger partial charge on any atom is -0.496 e. The minimum atomic E-state index is -3.42. The molecule has 3 N–H and O–H groups in total. The first-order chi connectivity index (χ1) is 17.8. The molecule has 11 heteroatoms. The maximum absolute atomic E-state index is 12.8. The van der Waals surface area contributed by atoms with Crippen LogP contribution in [0.2, 0.25) is 0 Å². The third-order valence-corrected chi connectivity index (χ3v) is 6.82. The van der Waals surface area contributed by atoms with Crippen molar-refractivity contribution in [1.29, 1.82) is 0 Å². The van der Waals surface area contributed by atoms with Gasteiger partial charge < -0.3 is 14.6 Å². The molecule has 10 nitrogen and oxygen atoms in total. The van der Waals surface area contributed by atoms with E-state index in [-0.39, 0.29) is 6.01 Å². The Labute approximate surface area is 219 Å². The van der Waals surface area contributed by atoms with Crippen molar-refractivity contribution < 1.29 is 32.4 Å². The highest BCUT2D eigenvalue weighted by atomic mass is 32.2. The lowest BCUT2D eigenvalue weighted by molar-refractivity contribution is -0.607. The lowest BCUT2D eigenvalue weighted by atomic mass is 9.81. The molecule has 4 aromatic rings. The summed E-state index contributed by atoms with van der Waals surface area (Å²) in [5, 5.41) is 12.1. The smallest absolute Gasteiger partial charge is 0.459 e. The Morgan fingerprint density at radius 3 is 2.34 bits per heavy atom. The zero-order valence-corrected chi connectivity index (χ0v) is 22.3. The molecule has 0 unspecified atom stereocenters. The SMILES string of the molecule is COC(=O)C(C)(C)c1cc(-[n+]2ccc(=O)[nH]c2O)cc(-c2ccc3cc(NS(C)(=O)=O)ccc3c2)c1OC. The van der Waals surface area contributed by atoms with Gasteiger partial charge in [0.15, 0.2) is 0 Å². The lowest BCUT2D eigenvalue weighted by Crippen LogP contribution is -2.36. The molecular weight excluding hydrogens is 510 g/mol. The number of sulfonamides is 1. The normalized spacial score (nSPS) is 11.8. The Bertz CT molecular complexity index is 1730. The number of H-pyrrole nitrogens is 1. The van der Waals surface area contributed by atoms with Crippen LogP contribution in [0.4, 0.5) is 5.69 Å². The minimum absolute atomic E-state index is 0.389. The molecular formula is C27H28N3O7S+. The number of anilines is 1. The summed E-state index contributed by atoms with van der Waals surface area (Å²) < 4.78 is 38.0. The van der Waals surface area contributed by atoms with Crippen LogP contribution in [-0.2, 0) is 25.0 Å². The van der Waals surface area contributed by atoms with E-state index in [9.17, 15) is 23.1 Å². The van der Waals surface area contributed by atoms with Crippen molar-refractivity contribution in [2.24, 2.45) is 0 Å². The Kier molecular flexibility index (Phi) is 6.90. The Hall–Kier alpha value is -4.38. The van der Waals surface area contributed by atoms with Crippen LogP contribution >= 0.6 is 0 Å². The number of carbonyl (C=O) groups is 1. The van der Waals surface area contributed by atoms with Gasteiger partial charge in [0.05, 0.1) is 32.0 Å². The van der Waals surface area contributed by atoms with E-state index >= 15 is 0 Å². The molecule has 0 atom stereocenters. The number of nitrogens with one attached hydrogen (secondary N) is 2. The number of rotatable bonds is 7. The number of aromatic hydroxyl groups is 1. The summed E-state index contributed by atoms with van der Waals surface area (Å²) in [7, 11) is -0.611. The third kappa shape index (κ3) is 5.18. The average Bonchev–Trinajstić information content (AvgIpc) is 2.86. The predicted octanol–water partition coefficient (Wildman–Crippen LogP) is 3.01. The van der Waals surface area contributed by atoms with Crippen LogP contribution in [0.15, 0.2) is 65.6 Å². The van der Waals surface area contributed by atoms with Crippen molar-refractivity contribution in [2.75, 3.05) is 25.2 Å². The summed E-state index contributed by atoms with van der Waals surface area (Å²) in [4.78, 5) is 26.8. The van der Waals surface area contributed by atoms with Gasteiger partial charge in [0.25, 0.3) is 0 Å². The van der Waals surface area contributed by atoms with Gasteiger partial charge >= 0.3 is 17.5 Å². The van der Waals surface area contributed by atoms with Gasteiger partial charge in [-0.15, -0.1) is 0 Å². The zero-order valence-electron chi connectivity index (χ0n) is 21.5. The first kappa shape index (κ1) is 26.7. The van der Waals surface area contributed by atoms with Crippen LogP contribution in [0, 0.1) is 0 Å². The molecule has 0 fully saturated rings. The molecule has 0 spiro atoms. The molecule has 0 saturated heterocycles.